The Morgan fingerprint density at radius 3 is 2.74 bits per heavy atom. The average molecular weight is 420 g/mol. The summed E-state index contributed by atoms with van der Waals surface area (Å²) in [4.78, 5) is 40.3. The predicted molar refractivity (Wildman–Crippen MR) is 114 cm³/mol. The quantitative estimate of drug-likeness (QED) is 0.680. The maximum absolute atomic E-state index is 12.7. The molecule has 9 heteroatoms. The van der Waals surface area contributed by atoms with Crippen LogP contribution in [0.15, 0.2) is 42.9 Å². The summed E-state index contributed by atoms with van der Waals surface area (Å²) in [5.74, 6) is 1.26. The molecule has 0 spiro atoms. The highest BCUT2D eigenvalue weighted by molar-refractivity contribution is 6.05. The van der Waals surface area contributed by atoms with Crippen molar-refractivity contribution in [3.63, 3.8) is 0 Å². The zero-order valence-corrected chi connectivity index (χ0v) is 17.7. The number of hydrogen-bond donors (Lipinski definition) is 1. The van der Waals surface area contributed by atoms with E-state index in [1.165, 1.54) is 0 Å². The fourth-order valence-electron chi connectivity index (χ4n) is 3.71. The van der Waals surface area contributed by atoms with Crippen LogP contribution in [0, 0.1) is 6.92 Å². The minimum absolute atomic E-state index is 0.0225. The van der Waals surface area contributed by atoms with Crippen LogP contribution in [0.3, 0.4) is 0 Å². The molecular weight excluding hydrogens is 396 g/mol. The number of nitrogens with one attached hydrogen (secondary N) is 1. The van der Waals surface area contributed by atoms with Gasteiger partial charge in [-0.05, 0) is 25.5 Å². The number of ether oxygens (including phenoxy) is 1. The molecule has 9 nitrogen and oxygen atoms in total. The largest absolute Gasteiger partial charge is 0.495 e. The van der Waals surface area contributed by atoms with Crippen molar-refractivity contribution in [2.45, 2.75) is 19.3 Å². The lowest BCUT2D eigenvalue weighted by Gasteiger charge is -2.16. The first kappa shape index (κ1) is 20.5. The van der Waals surface area contributed by atoms with Crippen molar-refractivity contribution >= 4 is 17.5 Å². The molecular formula is C22H24N6O3. The molecule has 0 saturated carbocycles. The van der Waals surface area contributed by atoms with Gasteiger partial charge in [0, 0.05) is 44.6 Å². The van der Waals surface area contributed by atoms with Gasteiger partial charge < -0.3 is 19.5 Å². The molecule has 4 rings (SSSR count). The zero-order valence-electron chi connectivity index (χ0n) is 17.7. The fraction of sp³-hybridized carbons (Fsp3) is 0.318. The molecule has 1 atom stereocenters. The lowest BCUT2D eigenvalue weighted by molar-refractivity contribution is 0.0774. The third kappa shape index (κ3) is 4.11. The van der Waals surface area contributed by atoms with Gasteiger partial charge in [0.15, 0.2) is 5.82 Å². The van der Waals surface area contributed by atoms with E-state index >= 15 is 0 Å². The molecule has 3 aromatic rings. The van der Waals surface area contributed by atoms with Crippen LogP contribution in [0.1, 0.15) is 44.8 Å². The third-order valence-electron chi connectivity index (χ3n) is 5.45. The number of nitrogens with zero attached hydrogens (tertiary/aromatic N) is 5. The molecule has 1 N–H and O–H groups in total. The molecule has 160 valence electrons. The lowest BCUT2D eigenvalue weighted by atomic mass is 10.1. The van der Waals surface area contributed by atoms with E-state index in [0.29, 0.717) is 47.4 Å². The maximum atomic E-state index is 12.7. The number of hydrogen-bond acceptors (Lipinski definition) is 6. The van der Waals surface area contributed by atoms with Crippen LogP contribution < -0.4 is 10.1 Å². The second-order valence-electron chi connectivity index (χ2n) is 7.48. The van der Waals surface area contributed by atoms with Gasteiger partial charge in [-0.3, -0.25) is 9.59 Å². The smallest absolute Gasteiger partial charge is 0.289 e. The van der Waals surface area contributed by atoms with Crippen molar-refractivity contribution in [3.8, 4) is 5.75 Å². The third-order valence-corrected chi connectivity index (χ3v) is 5.45. The van der Waals surface area contributed by atoms with Crippen molar-refractivity contribution in [2.24, 2.45) is 7.05 Å². The molecule has 3 heterocycles. The molecule has 31 heavy (non-hydrogen) atoms. The van der Waals surface area contributed by atoms with Crippen molar-refractivity contribution in [3.05, 3.63) is 65.8 Å². The Hall–Kier alpha value is -3.75. The summed E-state index contributed by atoms with van der Waals surface area (Å²) >= 11 is 0. The second-order valence-corrected chi connectivity index (χ2v) is 7.48. The average Bonchev–Trinajstić information content (AvgIpc) is 3.43. The van der Waals surface area contributed by atoms with Crippen molar-refractivity contribution in [2.75, 3.05) is 25.5 Å². The van der Waals surface area contributed by atoms with Crippen molar-refractivity contribution in [1.82, 2.24) is 24.4 Å². The van der Waals surface area contributed by atoms with Gasteiger partial charge in [0.25, 0.3) is 11.8 Å². The summed E-state index contributed by atoms with van der Waals surface area (Å²) in [7, 11) is 3.35. The number of rotatable bonds is 5. The number of carbonyl (C=O) groups is 2. The van der Waals surface area contributed by atoms with Gasteiger partial charge in [0.1, 0.15) is 11.6 Å². The number of carbonyl (C=O) groups excluding carboxylic acids is 2. The van der Waals surface area contributed by atoms with E-state index < -0.39 is 0 Å². The molecule has 2 aromatic heterocycles. The Morgan fingerprint density at radius 1 is 1.23 bits per heavy atom. The van der Waals surface area contributed by atoms with Crippen LogP contribution in [0.5, 0.6) is 5.75 Å². The minimum atomic E-state index is -0.299. The molecule has 0 bridgehead atoms. The number of benzene rings is 1. The number of para-hydroxylation sites is 2. The van der Waals surface area contributed by atoms with Crippen molar-refractivity contribution in [1.29, 1.82) is 0 Å². The standard InChI is InChI=1S/C22H24N6O3/c1-14-16(21(29)26-17-6-4-5-7-18(17)31-3)12-24-19(25-14)15-8-10-28(13-15)22(30)20-23-9-11-27(20)2/h4-7,9,11-12,15H,8,10,13H2,1-3H3,(H,26,29)/t15-/m1/s1. The van der Waals surface area contributed by atoms with Crippen molar-refractivity contribution < 1.29 is 14.3 Å². The first-order chi connectivity index (χ1) is 15.0. The molecule has 0 unspecified atom stereocenters. The summed E-state index contributed by atoms with van der Waals surface area (Å²) in [5.41, 5.74) is 1.57. The minimum Gasteiger partial charge on any atom is -0.495 e. The first-order valence-electron chi connectivity index (χ1n) is 10.0. The first-order valence-corrected chi connectivity index (χ1v) is 10.0. The van der Waals surface area contributed by atoms with E-state index in [1.54, 1.807) is 61.3 Å². The Bertz CT molecular complexity index is 1130. The molecule has 1 aliphatic heterocycles. The molecule has 1 aliphatic rings. The van der Waals surface area contributed by atoms with Crippen LogP contribution in [0.2, 0.25) is 0 Å². The summed E-state index contributed by atoms with van der Waals surface area (Å²) in [6.07, 6.45) is 5.68. The van der Waals surface area contributed by atoms with Gasteiger partial charge in [-0.2, -0.15) is 0 Å². The summed E-state index contributed by atoms with van der Waals surface area (Å²) in [5, 5.41) is 2.84. The zero-order chi connectivity index (χ0) is 22.0. The van der Waals surface area contributed by atoms with E-state index in [1.807, 2.05) is 12.1 Å². The van der Waals surface area contributed by atoms with Gasteiger partial charge in [-0.1, -0.05) is 12.1 Å². The van der Waals surface area contributed by atoms with Gasteiger partial charge in [-0.25, -0.2) is 15.0 Å². The van der Waals surface area contributed by atoms with E-state index in [4.69, 9.17) is 4.74 Å². The van der Waals surface area contributed by atoms with Crippen LogP contribution >= 0.6 is 0 Å². The maximum Gasteiger partial charge on any atom is 0.289 e. The highest BCUT2D eigenvalue weighted by atomic mass is 16.5. The van der Waals surface area contributed by atoms with Crippen LogP contribution in [0.25, 0.3) is 0 Å². The number of methoxy groups -OCH3 is 1. The Balaban J connectivity index is 1.46. The monoisotopic (exact) mass is 420 g/mol. The molecule has 2 amide bonds. The van der Waals surface area contributed by atoms with E-state index in [-0.39, 0.29) is 17.7 Å². The SMILES string of the molecule is COc1ccccc1NC(=O)c1cnc([C@@H]2CCN(C(=O)c3nccn3C)C2)nc1C. The summed E-state index contributed by atoms with van der Waals surface area (Å²) < 4.78 is 6.99. The number of likely N-dealkylation sites (tertiary alicyclic amines) is 1. The molecule has 0 aliphatic carbocycles. The number of aromatic nitrogens is 4. The van der Waals surface area contributed by atoms with E-state index in [2.05, 4.69) is 20.3 Å². The van der Waals surface area contributed by atoms with Crippen LogP contribution in [-0.4, -0.2) is 56.4 Å². The lowest BCUT2D eigenvalue weighted by Crippen LogP contribution is -2.30. The Labute approximate surface area is 180 Å². The van der Waals surface area contributed by atoms with Crippen LogP contribution in [0.4, 0.5) is 5.69 Å². The fourth-order valence-corrected chi connectivity index (χ4v) is 3.71. The normalized spacial score (nSPS) is 15.7. The Kier molecular flexibility index (Phi) is 5.66. The van der Waals surface area contributed by atoms with E-state index in [0.717, 1.165) is 6.42 Å². The molecule has 0 radical (unpaired) electrons. The van der Waals surface area contributed by atoms with Gasteiger partial charge in [0.2, 0.25) is 0 Å². The summed E-state index contributed by atoms with van der Waals surface area (Å²) in [6.45, 7) is 2.93. The van der Waals surface area contributed by atoms with Gasteiger partial charge in [-0.15, -0.1) is 0 Å². The van der Waals surface area contributed by atoms with Gasteiger partial charge in [0.05, 0.1) is 24.1 Å². The number of amides is 2. The highest BCUT2D eigenvalue weighted by Crippen LogP contribution is 2.27. The van der Waals surface area contributed by atoms with Gasteiger partial charge >= 0.3 is 0 Å². The summed E-state index contributed by atoms with van der Waals surface area (Å²) in [6, 6.07) is 7.21. The number of aryl methyl sites for hydroxylation is 2. The molecule has 1 aromatic carbocycles. The predicted octanol–water partition coefficient (Wildman–Crippen LogP) is 2.41. The second kappa shape index (κ2) is 8.55. The van der Waals surface area contributed by atoms with Crippen LogP contribution in [-0.2, 0) is 7.05 Å². The molecule has 1 fully saturated rings. The number of imidazole rings is 1. The highest BCUT2D eigenvalue weighted by Gasteiger charge is 2.31. The topological polar surface area (TPSA) is 102 Å². The van der Waals surface area contributed by atoms with E-state index in [9.17, 15) is 9.59 Å². The Morgan fingerprint density at radius 2 is 2.03 bits per heavy atom. The number of anilines is 1. The molecule has 1 saturated heterocycles.